The zero-order valence-electron chi connectivity index (χ0n) is 35.3. The van der Waals surface area contributed by atoms with Gasteiger partial charge in [-0.1, -0.05) is 191 Å². The Morgan fingerprint density at radius 2 is 1.06 bits per heavy atom. The molecular formula is C48H85NO5. The number of ether oxygens (including phenoxy) is 1. The van der Waals surface area contributed by atoms with Crippen molar-refractivity contribution < 1.29 is 24.5 Å². The summed E-state index contributed by atoms with van der Waals surface area (Å²) in [6.45, 7) is 6.24. The fourth-order valence-electron chi connectivity index (χ4n) is 6.50. The van der Waals surface area contributed by atoms with E-state index in [1.54, 1.807) is 0 Å². The molecular weight excluding hydrogens is 671 g/mol. The van der Waals surface area contributed by atoms with Gasteiger partial charge in [0.1, 0.15) is 6.10 Å². The number of rotatable bonds is 39. The molecule has 6 nitrogen and oxygen atoms in total. The molecule has 0 saturated carbocycles. The first kappa shape index (κ1) is 51.6. The van der Waals surface area contributed by atoms with Gasteiger partial charge in [-0.2, -0.15) is 0 Å². The number of allylic oxidation sites excluding steroid dienone is 10. The molecule has 0 saturated heterocycles. The van der Waals surface area contributed by atoms with E-state index < -0.39 is 18.2 Å². The van der Waals surface area contributed by atoms with Crippen molar-refractivity contribution in [3.8, 4) is 0 Å². The van der Waals surface area contributed by atoms with Crippen LogP contribution in [0.1, 0.15) is 207 Å². The van der Waals surface area contributed by atoms with Gasteiger partial charge >= 0.3 is 5.97 Å². The van der Waals surface area contributed by atoms with Gasteiger partial charge in [0, 0.05) is 6.42 Å². The Hall–Kier alpha value is -2.44. The van der Waals surface area contributed by atoms with Crippen molar-refractivity contribution in [1.29, 1.82) is 0 Å². The lowest BCUT2D eigenvalue weighted by Gasteiger charge is -2.24. The number of carbonyl (C=O) groups is 2. The summed E-state index contributed by atoms with van der Waals surface area (Å²) in [4.78, 5) is 25.9. The van der Waals surface area contributed by atoms with Gasteiger partial charge in [0.2, 0.25) is 5.91 Å². The highest BCUT2D eigenvalue weighted by Crippen LogP contribution is 2.17. The first-order valence-electron chi connectivity index (χ1n) is 22.6. The zero-order valence-corrected chi connectivity index (χ0v) is 35.3. The Labute approximate surface area is 333 Å². The van der Waals surface area contributed by atoms with Gasteiger partial charge in [-0.15, -0.1) is 0 Å². The van der Waals surface area contributed by atoms with Crippen molar-refractivity contribution in [3.63, 3.8) is 0 Å². The van der Waals surface area contributed by atoms with E-state index in [2.05, 4.69) is 56.5 Å². The van der Waals surface area contributed by atoms with E-state index in [4.69, 9.17) is 4.74 Å². The Morgan fingerprint density at radius 1 is 0.556 bits per heavy atom. The molecule has 3 N–H and O–H groups in total. The van der Waals surface area contributed by atoms with Crippen LogP contribution in [0.3, 0.4) is 0 Å². The Morgan fingerprint density at radius 3 is 1.65 bits per heavy atom. The van der Waals surface area contributed by atoms with Crippen LogP contribution in [0.25, 0.3) is 0 Å². The molecule has 0 radical (unpaired) electrons. The van der Waals surface area contributed by atoms with E-state index in [-0.39, 0.29) is 24.9 Å². The number of hydrogen-bond acceptors (Lipinski definition) is 5. The quantitative estimate of drug-likeness (QED) is 0.0251. The number of aliphatic hydroxyl groups is 2. The highest BCUT2D eigenvalue weighted by molar-refractivity contribution is 5.77. The maximum absolute atomic E-state index is 13.1. The minimum Gasteiger partial charge on any atom is -0.462 e. The van der Waals surface area contributed by atoms with E-state index in [1.165, 1.54) is 70.6 Å². The zero-order chi connectivity index (χ0) is 39.6. The molecule has 6 heteroatoms. The third-order valence-electron chi connectivity index (χ3n) is 9.91. The summed E-state index contributed by atoms with van der Waals surface area (Å²) >= 11 is 0. The Balaban J connectivity index is 4.54. The summed E-state index contributed by atoms with van der Waals surface area (Å²) < 4.78 is 5.85. The van der Waals surface area contributed by atoms with Crippen LogP contribution in [0, 0.1) is 0 Å². The number of hydrogen-bond donors (Lipinski definition) is 3. The van der Waals surface area contributed by atoms with Crippen LogP contribution in [-0.4, -0.2) is 46.9 Å². The summed E-state index contributed by atoms with van der Waals surface area (Å²) in [5, 5.41) is 23.6. The number of aliphatic hydroxyl groups excluding tert-OH is 2. The topological polar surface area (TPSA) is 95.9 Å². The second-order valence-corrected chi connectivity index (χ2v) is 15.2. The molecule has 0 aromatic carbocycles. The van der Waals surface area contributed by atoms with Crippen molar-refractivity contribution in [2.24, 2.45) is 0 Å². The molecule has 0 aliphatic heterocycles. The van der Waals surface area contributed by atoms with Crippen LogP contribution in [0.2, 0.25) is 0 Å². The number of amides is 1. The number of nitrogens with one attached hydrogen (secondary N) is 1. The molecule has 3 unspecified atom stereocenters. The molecule has 0 bridgehead atoms. The molecule has 0 aromatic heterocycles. The highest BCUT2D eigenvalue weighted by atomic mass is 16.5. The summed E-state index contributed by atoms with van der Waals surface area (Å²) in [6, 6.07) is -0.713. The maximum Gasteiger partial charge on any atom is 0.306 e. The highest BCUT2D eigenvalue weighted by Gasteiger charge is 2.24. The molecule has 312 valence electrons. The van der Waals surface area contributed by atoms with E-state index in [1.807, 2.05) is 30.4 Å². The molecule has 54 heavy (non-hydrogen) atoms. The van der Waals surface area contributed by atoms with E-state index in [0.717, 1.165) is 89.9 Å². The fourth-order valence-corrected chi connectivity index (χ4v) is 6.50. The van der Waals surface area contributed by atoms with Crippen LogP contribution < -0.4 is 5.32 Å². The molecule has 1 amide bonds. The first-order chi connectivity index (χ1) is 26.5. The number of unbranched alkanes of at least 4 members (excludes halogenated alkanes) is 20. The summed E-state index contributed by atoms with van der Waals surface area (Å²) in [5.74, 6) is -0.544. The molecule has 0 rings (SSSR count). The molecule has 0 aromatic rings. The SMILES string of the molecule is CC/C=C/C=C/C=C\C=C/CCCCCC(=O)OC(CCCCC/C=C\CCC)CC(=O)NC(CO)C(O)CCCCCCCCCCCCCCCC. The van der Waals surface area contributed by atoms with E-state index in [9.17, 15) is 19.8 Å². The lowest BCUT2D eigenvalue weighted by Crippen LogP contribution is -2.46. The summed E-state index contributed by atoms with van der Waals surface area (Å²) in [6.07, 6.45) is 50.0. The fraction of sp³-hybridized carbons (Fsp3) is 0.750. The molecule has 0 aliphatic carbocycles. The van der Waals surface area contributed by atoms with Crippen LogP contribution >= 0.6 is 0 Å². The lowest BCUT2D eigenvalue weighted by molar-refractivity contribution is -0.151. The van der Waals surface area contributed by atoms with Gasteiger partial charge in [0.25, 0.3) is 0 Å². The van der Waals surface area contributed by atoms with Gasteiger partial charge in [-0.25, -0.2) is 0 Å². The third kappa shape index (κ3) is 36.5. The second kappa shape index (κ2) is 41.7. The minimum atomic E-state index is -0.797. The smallest absolute Gasteiger partial charge is 0.306 e. The predicted molar refractivity (Wildman–Crippen MR) is 232 cm³/mol. The van der Waals surface area contributed by atoms with Crippen LogP contribution in [0.4, 0.5) is 0 Å². The Kier molecular flexibility index (Phi) is 39.8. The standard InChI is InChI=1S/C48H85NO5/c1-4-7-10-13-16-19-21-23-25-26-28-31-34-37-40-46(51)45(43-50)49-47(52)42-44(39-36-33-30-18-15-12-9-6-3)54-48(53)41-38-35-32-29-27-24-22-20-17-14-11-8-5-2/h8,11-12,14-15,17,20,22,24,27,44-46,50-51H,4-7,9-10,13,16,18-19,21,23,25-26,28-43H2,1-3H3,(H,49,52)/b11-8+,15-12-,17-14+,22-20-,27-24-. The normalized spacial score (nSPS) is 13.9. The molecule has 0 heterocycles. The molecule has 0 aliphatic rings. The van der Waals surface area contributed by atoms with Crippen molar-refractivity contribution >= 4 is 11.9 Å². The van der Waals surface area contributed by atoms with Gasteiger partial charge in [-0.05, 0) is 64.2 Å². The average Bonchev–Trinajstić information content (AvgIpc) is 3.16. The maximum atomic E-state index is 13.1. The van der Waals surface area contributed by atoms with E-state index in [0.29, 0.717) is 19.3 Å². The summed E-state index contributed by atoms with van der Waals surface area (Å²) in [7, 11) is 0. The molecule has 0 spiro atoms. The number of carbonyl (C=O) groups excluding carboxylic acids is 2. The minimum absolute atomic E-state index is 0.0482. The van der Waals surface area contributed by atoms with Gasteiger partial charge < -0.3 is 20.3 Å². The van der Waals surface area contributed by atoms with Gasteiger partial charge in [0.15, 0.2) is 0 Å². The first-order valence-corrected chi connectivity index (χ1v) is 22.6. The van der Waals surface area contributed by atoms with Crippen molar-refractivity contribution in [2.75, 3.05) is 6.61 Å². The largest absolute Gasteiger partial charge is 0.462 e. The van der Waals surface area contributed by atoms with Crippen LogP contribution in [-0.2, 0) is 14.3 Å². The van der Waals surface area contributed by atoms with Crippen LogP contribution in [0.5, 0.6) is 0 Å². The van der Waals surface area contributed by atoms with Crippen molar-refractivity contribution in [3.05, 3.63) is 60.8 Å². The van der Waals surface area contributed by atoms with E-state index >= 15 is 0 Å². The van der Waals surface area contributed by atoms with Crippen molar-refractivity contribution in [2.45, 2.75) is 225 Å². The van der Waals surface area contributed by atoms with Gasteiger partial charge in [-0.3, -0.25) is 9.59 Å². The van der Waals surface area contributed by atoms with Crippen LogP contribution in [0.15, 0.2) is 60.8 Å². The lowest BCUT2D eigenvalue weighted by atomic mass is 10.0. The predicted octanol–water partition coefficient (Wildman–Crippen LogP) is 12.9. The monoisotopic (exact) mass is 756 g/mol. The molecule has 0 fully saturated rings. The third-order valence-corrected chi connectivity index (χ3v) is 9.91. The summed E-state index contributed by atoms with van der Waals surface area (Å²) in [5.41, 5.74) is 0. The molecule has 3 atom stereocenters. The second-order valence-electron chi connectivity index (χ2n) is 15.2. The van der Waals surface area contributed by atoms with Gasteiger partial charge in [0.05, 0.1) is 25.2 Å². The van der Waals surface area contributed by atoms with Crippen molar-refractivity contribution in [1.82, 2.24) is 5.32 Å². The number of esters is 1. The average molecular weight is 756 g/mol. The Bertz CT molecular complexity index is 984.